The number of rotatable bonds is 2. The van der Waals surface area contributed by atoms with E-state index >= 15 is 0 Å². The molecule has 0 radical (unpaired) electrons. The Kier molecular flexibility index (Phi) is 5.27. The highest BCUT2D eigenvalue weighted by molar-refractivity contribution is 5.91. The number of aliphatic hydroxyl groups is 2. The molecule has 4 aliphatic carbocycles. The number of fused-ring (bicyclic) bond motifs is 5. The molecule has 1 saturated heterocycles. The van der Waals surface area contributed by atoms with Gasteiger partial charge in [-0.1, -0.05) is 33.8 Å². The Balaban J connectivity index is 1.40. The Morgan fingerprint density at radius 2 is 1.74 bits per heavy atom. The predicted molar refractivity (Wildman–Crippen MR) is 120 cm³/mol. The topological polar surface area (TPSA) is 66.8 Å². The third-order valence-electron chi connectivity index (χ3n) is 11.0. The molecule has 0 amide bonds. The number of carbonyl (C=O) groups is 1. The zero-order valence-electron chi connectivity index (χ0n) is 19.8. The second-order valence-corrected chi connectivity index (χ2v) is 12.4. The van der Waals surface area contributed by atoms with Crippen LogP contribution < -0.4 is 0 Å². The SMILES string of the molecule is CC(C)[C@H]1CC[C@H]([C@@]2(O)CC[C@H]3[C@@H]4CCC5CC(=O)C=C[C@]5(C)[C@H]4CC[C@@]32C)[C@H](O)O1. The van der Waals surface area contributed by atoms with Gasteiger partial charge in [-0.05, 0) is 97.9 Å². The van der Waals surface area contributed by atoms with Gasteiger partial charge in [0.25, 0.3) is 0 Å². The van der Waals surface area contributed by atoms with Crippen LogP contribution >= 0.6 is 0 Å². The van der Waals surface area contributed by atoms with Gasteiger partial charge in [0, 0.05) is 12.3 Å². The molecule has 4 fully saturated rings. The second kappa shape index (κ2) is 7.40. The fraction of sp³-hybridized carbons (Fsp3) is 0.889. The van der Waals surface area contributed by atoms with Crippen LogP contribution in [0.5, 0.6) is 0 Å². The molecule has 0 bridgehead atoms. The number of ketones is 1. The van der Waals surface area contributed by atoms with E-state index in [-0.39, 0.29) is 22.9 Å². The van der Waals surface area contributed by atoms with Crippen molar-refractivity contribution in [3.63, 3.8) is 0 Å². The average Bonchev–Trinajstić information content (AvgIpc) is 3.00. The summed E-state index contributed by atoms with van der Waals surface area (Å²) in [4.78, 5) is 12.1. The molecular formula is C27H42O4. The quantitative estimate of drug-likeness (QED) is 0.656. The molecule has 2 N–H and O–H groups in total. The molecule has 4 nitrogen and oxygen atoms in total. The molecule has 1 aliphatic heterocycles. The Morgan fingerprint density at radius 1 is 1.00 bits per heavy atom. The van der Waals surface area contributed by atoms with Crippen molar-refractivity contribution in [2.75, 3.05) is 0 Å². The first-order valence-corrected chi connectivity index (χ1v) is 12.9. The minimum Gasteiger partial charge on any atom is -0.389 e. The number of hydrogen-bond donors (Lipinski definition) is 2. The van der Waals surface area contributed by atoms with Crippen LogP contribution in [0.3, 0.4) is 0 Å². The molecule has 0 aromatic heterocycles. The largest absolute Gasteiger partial charge is 0.389 e. The highest BCUT2D eigenvalue weighted by Crippen LogP contribution is 2.69. The number of allylic oxidation sites excluding steroid dienone is 2. The van der Waals surface area contributed by atoms with Gasteiger partial charge in [-0.3, -0.25) is 4.79 Å². The average molecular weight is 431 g/mol. The monoisotopic (exact) mass is 430 g/mol. The molecule has 0 aromatic rings. The number of ether oxygens (including phenoxy) is 1. The van der Waals surface area contributed by atoms with Crippen LogP contribution in [0.2, 0.25) is 0 Å². The van der Waals surface area contributed by atoms with Crippen LogP contribution in [-0.4, -0.2) is 34.0 Å². The van der Waals surface area contributed by atoms with E-state index in [0.29, 0.717) is 41.8 Å². The number of aliphatic hydroxyl groups excluding tert-OH is 1. The second-order valence-electron chi connectivity index (χ2n) is 12.4. The lowest BCUT2D eigenvalue weighted by atomic mass is 9.45. The summed E-state index contributed by atoms with van der Waals surface area (Å²) in [7, 11) is 0. The predicted octanol–water partition coefficient (Wildman–Crippen LogP) is 4.87. The van der Waals surface area contributed by atoms with Gasteiger partial charge >= 0.3 is 0 Å². The van der Waals surface area contributed by atoms with E-state index < -0.39 is 11.9 Å². The molecule has 31 heavy (non-hydrogen) atoms. The molecule has 10 atom stereocenters. The van der Waals surface area contributed by atoms with Gasteiger partial charge in [-0.2, -0.15) is 0 Å². The van der Waals surface area contributed by atoms with Gasteiger partial charge in [-0.25, -0.2) is 0 Å². The summed E-state index contributed by atoms with van der Waals surface area (Å²) in [6, 6.07) is 0. The Hall–Kier alpha value is -0.710. The molecular weight excluding hydrogens is 388 g/mol. The summed E-state index contributed by atoms with van der Waals surface area (Å²) < 4.78 is 6.02. The highest BCUT2D eigenvalue weighted by Gasteiger charge is 2.67. The van der Waals surface area contributed by atoms with E-state index in [0.717, 1.165) is 44.9 Å². The number of hydrogen-bond acceptors (Lipinski definition) is 4. The van der Waals surface area contributed by atoms with Crippen LogP contribution in [0, 0.1) is 46.3 Å². The zero-order chi connectivity index (χ0) is 22.2. The molecule has 1 heterocycles. The van der Waals surface area contributed by atoms with Crippen molar-refractivity contribution in [3.8, 4) is 0 Å². The first-order chi connectivity index (χ1) is 14.6. The molecule has 0 aromatic carbocycles. The third kappa shape index (κ3) is 3.07. The first-order valence-electron chi connectivity index (χ1n) is 12.9. The fourth-order valence-electron chi connectivity index (χ4n) is 9.09. The summed E-state index contributed by atoms with van der Waals surface area (Å²) in [5.74, 6) is 2.69. The van der Waals surface area contributed by atoms with Crippen molar-refractivity contribution in [3.05, 3.63) is 12.2 Å². The van der Waals surface area contributed by atoms with E-state index in [1.54, 1.807) is 0 Å². The van der Waals surface area contributed by atoms with E-state index in [1.165, 1.54) is 6.42 Å². The maximum atomic E-state index is 12.2. The first kappa shape index (κ1) is 22.1. The lowest BCUT2D eigenvalue weighted by Crippen LogP contribution is -2.60. The summed E-state index contributed by atoms with van der Waals surface area (Å²) in [6.07, 6.45) is 12.1. The summed E-state index contributed by atoms with van der Waals surface area (Å²) in [6.45, 7) is 9.00. The molecule has 0 spiro atoms. The normalized spacial score (nSPS) is 54.4. The summed E-state index contributed by atoms with van der Waals surface area (Å²) >= 11 is 0. The molecule has 1 unspecified atom stereocenters. The van der Waals surface area contributed by atoms with Crippen molar-refractivity contribution in [1.29, 1.82) is 0 Å². The summed E-state index contributed by atoms with van der Waals surface area (Å²) in [5.41, 5.74) is -0.887. The van der Waals surface area contributed by atoms with Gasteiger partial charge in [0.15, 0.2) is 12.1 Å². The van der Waals surface area contributed by atoms with Crippen molar-refractivity contribution >= 4 is 5.78 Å². The molecule has 3 saturated carbocycles. The van der Waals surface area contributed by atoms with E-state index in [1.807, 2.05) is 6.08 Å². The van der Waals surface area contributed by atoms with E-state index in [9.17, 15) is 15.0 Å². The number of carbonyl (C=O) groups excluding carboxylic acids is 1. The van der Waals surface area contributed by atoms with Crippen LogP contribution in [0.1, 0.15) is 85.5 Å². The van der Waals surface area contributed by atoms with Gasteiger partial charge in [0.2, 0.25) is 0 Å². The fourth-order valence-corrected chi connectivity index (χ4v) is 9.09. The van der Waals surface area contributed by atoms with E-state index in [2.05, 4.69) is 33.8 Å². The van der Waals surface area contributed by atoms with Crippen molar-refractivity contribution in [2.24, 2.45) is 46.3 Å². The lowest BCUT2D eigenvalue weighted by Gasteiger charge is -2.61. The van der Waals surface area contributed by atoms with Gasteiger partial charge in [0.05, 0.1) is 11.7 Å². The maximum Gasteiger partial charge on any atom is 0.160 e. The maximum absolute atomic E-state index is 12.2. The van der Waals surface area contributed by atoms with Gasteiger partial charge in [0.1, 0.15) is 0 Å². The lowest BCUT2D eigenvalue weighted by molar-refractivity contribution is -0.266. The van der Waals surface area contributed by atoms with Crippen LogP contribution in [0.25, 0.3) is 0 Å². The summed E-state index contributed by atoms with van der Waals surface area (Å²) in [5, 5.41) is 23.1. The standard InChI is InChI=1S/C27H42O4/c1-16(2)23-8-7-22(24(29)31-23)27(30)14-11-21-19-6-5-17-15-18(28)9-12-25(17,3)20(19)10-13-26(21,27)4/h9,12,16-17,19-24,29-30H,5-8,10-11,13-15H2,1-4H3/t17?,19-,20+,21+,22+,23-,24-,25+,26+,27+/m1/s1. The van der Waals surface area contributed by atoms with Crippen molar-refractivity contribution < 1.29 is 19.7 Å². The Morgan fingerprint density at radius 3 is 2.45 bits per heavy atom. The smallest absolute Gasteiger partial charge is 0.160 e. The Bertz CT molecular complexity index is 760. The van der Waals surface area contributed by atoms with Crippen LogP contribution in [0.15, 0.2) is 12.2 Å². The van der Waals surface area contributed by atoms with Crippen molar-refractivity contribution in [1.82, 2.24) is 0 Å². The molecule has 5 rings (SSSR count). The van der Waals surface area contributed by atoms with Gasteiger partial charge in [-0.15, -0.1) is 0 Å². The third-order valence-corrected chi connectivity index (χ3v) is 11.0. The zero-order valence-corrected chi connectivity index (χ0v) is 19.8. The minimum absolute atomic E-state index is 0.0895. The Labute approximate surface area is 187 Å². The van der Waals surface area contributed by atoms with Crippen LogP contribution in [0.4, 0.5) is 0 Å². The highest BCUT2D eigenvalue weighted by atomic mass is 16.6. The molecule has 4 heteroatoms. The van der Waals surface area contributed by atoms with Crippen LogP contribution in [-0.2, 0) is 9.53 Å². The molecule has 174 valence electrons. The van der Waals surface area contributed by atoms with E-state index in [4.69, 9.17) is 4.74 Å². The minimum atomic E-state index is -0.861. The van der Waals surface area contributed by atoms with Gasteiger partial charge < -0.3 is 14.9 Å². The molecule has 5 aliphatic rings. The van der Waals surface area contributed by atoms with Crippen molar-refractivity contribution in [2.45, 2.75) is 103 Å².